The molecule has 1 aliphatic carbocycles. The van der Waals surface area contributed by atoms with Crippen LogP contribution in [0.15, 0.2) is 33.4 Å². The quantitative estimate of drug-likeness (QED) is 0.387. The van der Waals surface area contributed by atoms with E-state index in [1.165, 1.54) is 24.0 Å². The molecule has 0 N–H and O–H groups in total. The fourth-order valence-corrected chi connectivity index (χ4v) is 3.28. The van der Waals surface area contributed by atoms with Crippen LogP contribution in [-0.2, 0) is 5.41 Å². The molecule has 1 aliphatic rings. The fourth-order valence-electron chi connectivity index (χ4n) is 2.43. The number of Topliss-reactive ketones (excluding diaryl/α,β-unsaturated/α-hetero) is 1. The van der Waals surface area contributed by atoms with Gasteiger partial charge in [-0.05, 0) is 59.3 Å². The topological polar surface area (TPSA) is 17.1 Å². The third kappa shape index (κ3) is 3.47. The highest BCUT2D eigenvalue weighted by Gasteiger charge is 2.19. The van der Waals surface area contributed by atoms with Crippen molar-refractivity contribution >= 4 is 28.4 Å². The summed E-state index contributed by atoms with van der Waals surface area (Å²) in [5.74, 6) is 0.193. The van der Waals surface area contributed by atoms with Crippen molar-refractivity contribution in [2.75, 3.05) is 0 Å². The summed E-state index contributed by atoms with van der Waals surface area (Å²) in [7, 11) is 0. The lowest BCUT2D eigenvalue weighted by Gasteiger charge is -2.19. The minimum absolute atomic E-state index is 0.138. The van der Waals surface area contributed by atoms with E-state index in [1.807, 2.05) is 12.1 Å². The van der Waals surface area contributed by atoms with Gasteiger partial charge >= 0.3 is 0 Å². The number of halogens is 1. The highest BCUT2D eigenvalue weighted by atomic mass is 127. The normalized spacial score (nSPS) is 15.7. The number of allylic oxidation sites excluding steroid dienone is 2. The van der Waals surface area contributed by atoms with Gasteiger partial charge in [0.2, 0.25) is 0 Å². The monoisotopic (exact) mass is 368 g/mol. The molecule has 19 heavy (non-hydrogen) atoms. The smallest absolute Gasteiger partial charge is 0.199 e. The number of carbonyl (C=O) groups is 1. The molecular formula is C17H21IO. The predicted octanol–water partition coefficient (Wildman–Crippen LogP) is 5.43. The molecule has 1 aromatic carbocycles. The van der Waals surface area contributed by atoms with Crippen LogP contribution in [0, 0.1) is 0 Å². The van der Waals surface area contributed by atoms with Crippen molar-refractivity contribution in [1.29, 1.82) is 0 Å². The van der Waals surface area contributed by atoms with Crippen molar-refractivity contribution in [3.63, 3.8) is 0 Å². The summed E-state index contributed by atoms with van der Waals surface area (Å²) in [6, 6.07) is 8.10. The molecule has 0 heterocycles. The molecule has 0 aliphatic heterocycles. The Bertz CT molecular complexity index is 495. The van der Waals surface area contributed by atoms with E-state index < -0.39 is 0 Å². The van der Waals surface area contributed by atoms with Gasteiger partial charge in [0, 0.05) is 5.56 Å². The van der Waals surface area contributed by atoms with E-state index in [0.29, 0.717) is 0 Å². The first-order valence-corrected chi connectivity index (χ1v) is 8.00. The van der Waals surface area contributed by atoms with Gasteiger partial charge < -0.3 is 0 Å². The maximum absolute atomic E-state index is 12.4. The molecule has 0 bridgehead atoms. The van der Waals surface area contributed by atoms with Gasteiger partial charge in [-0.25, -0.2) is 0 Å². The number of hydrogen-bond donors (Lipinski definition) is 0. The maximum atomic E-state index is 12.4. The first-order chi connectivity index (χ1) is 8.89. The van der Waals surface area contributed by atoms with Gasteiger partial charge in [0.1, 0.15) is 0 Å². The summed E-state index contributed by atoms with van der Waals surface area (Å²) in [4.78, 5) is 12.4. The van der Waals surface area contributed by atoms with E-state index in [1.54, 1.807) is 0 Å². The number of carbonyl (C=O) groups excluding carboxylic acids is 1. The first kappa shape index (κ1) is 14.8. The van der Waals surface area contributed by atoms with Crippen LogP contribution in [0.25, 0.3) is 0 Å². The Kier molecular flexibility index (Phi) is 4.49. The minimum atomic E-state index is 0.138. The van der Waals surface area contributed by atoms with Crippen molar-refractivity contribution in [2.24, 2.45) is 0 Å². The summed E-state index contributed by atoms with van der Waals surface area (Å²) in [6.45, 7) is 6.57. The Balaban J connectivity index is 2.23. The van der Waals surface area contributed by atoms with Gasteiger partial charge in [-0.2, -0.15) is 0 Å². The van der Waals surface area contributed by atoms with Crippen LogP contribution >= 0.6 is 22.6 Å². The van der Waals surface area contributed by atoms with E-state index in [-0.39, 0.29) is 11.2 Å². The molecule has 102 valence electrons. The van der Waals surface area contributed by atoms with Crippen molar-refractivity contribution < 1.29 is 4.79 Å². The number of rotatable bonds is 2. The lowest BCUT2D eigenvalue weighted by molar-refractivity contribution is 0.104. The molecule has 1 nitrogen and oxygen atoms in total. The molecule has 2 rings (SSSR count). The summed E-state index contributed by atoms with van der Waals surface area (Å²) in [5, 5.41) is 0. The molecule has 0 spiro atoms. The third-order valence-electron chi connectivity index (χ3n) is 3.73. The molecule has 0 atom stereocenters. The molecule has 0 saturated heterocycles. The number of benzene rings is 1. The van der Waals surface area contributed by atoms with Crippen molar-refractivity contribution in [1.82, 2.24) is 0 Å². The Morgan fingerprint density at radius 2 is 1.58 bits per heavy atom. The second-order valence-electron chi connectivity index (χ2n) is 6.28. The Morgan fingerprint density at radius 1 is 1.05 bits per heavy atom. The first-order valence-electron chi connectivity index (χ1n) is 6.92. The fraction of sp³-hybridized carbons (Fsp3) is 0.471. The van der Waals surface area contributed by atoms with E-state index in [9.17, 15) is 4.79 Å². The third-order valence-corrected chi connectivity index (χ3v) is 4.98. The Morgan fingerprint density at radius 3 is 2.05 bits per heavy atom. The largest absolute Gasteiger partial charge is 0.288 e. The highest BCUT2D eigenvalue weighted by Crippen LogP contribution is 2.32. The van der Waals surface area contributed by atoms with Crippen LogP contribution in [-0.4, -0.2) is 5.78 Å². The minimum Gasteiger partial charge on any atom is -0.288 e. The summed E-state index contributed by atoms with van der Waals surface area (Å²) in [6.07, 6.45) is 4.67. The zero-order chi connectivity index (χ0) is 14.0. The molecule has 1 aromatic rings. The van der Waals surface area contributed by atoms with Crippen LogP contribution in [0.4, 0.5) is 0 Å². The van der Waals surface area contributed by atoms with Gasteiger partial charge in [0.25, 0.3) is 0 Å². The lowest BCUT2D eigenvalue weighted by atomic mass is 9.86. The SMILES string of the molecule is CC(C)(C)c1ccc(C(=O)C(I)=C2CCCC2)cc1. The van der Waals surface area contributed by atoms with Gasteiger partial charge in [0.05, 0.1) is 3.58 Å². The molecule has 1 fully saturated rings. The highest BCUT2D eigenvalue weighted by molar-refractivity contribution is 14.1. The average molecular weight is 368 g/mol. The number of hydrogen-bond acceptors (Lipinski definition) is 1. The van der Waals surface area contributed by atoms with Crippen LogP contribution in [0.3, 0.4) is 0 Å². The van der Waals surface area contributed by atoms with Crippen molar-refractivity contribution in [3.8, 4) is 0 Å². The van der Waals surface area contributed by atoms with Crippen LogP contribution in [0.2, 0.25) is 0 Å². The zero-order valence-corrected chi connectivity index (χ0v) is 14.1. The van der Waals surface area contributed by atoms with E-state index >= 15 is 0 Å². The van der Waals surface area contributed by atoms with Crippen molar-refractivity contribution in [2.45, 2.75) is 51.9 Å². The van der Waals surface area contributed by atoms with Gasteiger partial charge in [-0.15, -0.1) is 0 Å². The predicted molar refractivity (Wildman–Crippen MR) is 89.0 cm³/mol. The molecule has 0 unspecified atom stereocenters. The Labute approximate surface area is 129 Å². The van der Waals surface area contributed by atoms with Crippen LogP contribution in [0.5, 0.6) is 0 Å². The molecular weight excluding hydrogens is 347 g/mol. The average Bonchev–Trinajstić information content (AvgIpc) is 2.90. The van der Waals surface area contributed by atoms with Crippen LogP contribution < -0.4 is 0 Å². The van der Waals surface area contributed by atoms with Gasteiger partial charge in [-0.1, -0.05) is 50.6 Å². The summed E-state index contributed by atoms with van der Waals surface area (Å²) < 4.78 is 0.943. The second-order valence-corrected chi connectivity index (χ2v) is 7.36. The second kappa shape index (κ2) is 5.78. The van der Waals surface area contributed by atoms with E-state index in [4.69, 9.17) is 0 Å². The summed E-state index contributed by atoms with van der Waals surface area (Å²) in [5.41, 5.74) is 3.58. The Hall–Kier alpha value is -0.640. The molecule has 1 saturated carbocycles. The van der Waals surface area contributed by atoms with Crippen LogP contribution in [0.1, 0.15) is 62.4 Å². The molecule has 0 amide bonds. The summed E-state index contributed by atoms with van der Waals surface area (Å²) >= 11 is 2.23. The number of ketones is 1. The molecule has 0 radical (unpaired) electrons. The van der Waals surface area contributed by atoms with E-state index in [0.717, 1.165) is 22.0 Å². The van der Waals surface area contributed by atoms with Gasteiger partial charge in [0.15, 0.2) is 5.78 Å². The van der Waals surface area contributed by atoms with Crippen molar-refractivity contribution in [3.05, 3.63) is 44.5 Å². The maximum Gasteiger partial charge on any atom is 0.199 e. The lowest BCUT2D eigenvalue weighted by Crippen LogP contribution is -2.11. The molecule has 2 heteroatoms. The van der Waals surface area contributed by atoms with Gasteiger partial charge in [-0.3, -0.25) is 4.79 Å². The standard InChI is InChI=1S/C17H21IO/c1-17(2,3)14-10-8-13(9-11-14)16(19)15(18)12-6-4-5-7-12/h8-11H,4-7H2,1-3H3. The van der Waals surface area contributed by atoms with E-state index in [2.05, 4.69) is 55.5 Å². The zero-order valence-electron chi connectivity index (χ0n) is 11.9. The molecule has 0 aromatic heterocycles.